The third kappa shape index (κ3) is 3.23. The van der Waals surface area contributed by atoms with Gasteiger partial charge in [0.05, 0.1) is 0 Å². The molecule has 1 heterocycles. The SMILES string of the molecule is Cc1ccccc1CSc1nccnc1C(N)=NO. The molecule has 0 radical (unpaired) electrons. The highest BCUT2D eigenvalue weighted by atomic mass is 32.2. The number of rotatable bonds is 4. The zero-order valence-corrected chi connectivity index (χ0v) is 11.3. The van der Waals surface area contributed by atoms with Gasteiger partial charge in [-0.05, 0) is 18.1 Å². The highest BCUT2D eigenvalue weighted by molar-refractivity contribution is 7.98. The van der Waals surface area contributed by atoms with Gasteiger partial charge in [-0.2, -0.15) is 0 Å². The van der Waals surface area contributed by atoms with Crippen molar-refractivity contribution in [3.63, 3.8) is 0 Å². The maximum atomic E-state index is 8.73. The summed E-state index contributed by atoms with van der Waals surface area (Å²) in [5.74, 6) is 0.734. The molecule has 0 unspecified atom stereocenters. The highest BCUT2D eigenvalue weighted by Gasteiger charge is 2.10. The van der Waals surface area contributed by atoms with Gasteiger partial charge in [-0.3, -0.25) is 0 Å². The van der Waals surface area contributed by atoms with E-state index in [1.807, 2.05) is 12.1 Å². The minimum absolute atomic E-state index is 0.0274. The van der Waals surface area contributed by atoms with Gasteiger partial charge in [0.2, 0.25) is 0 Å². The van der Waals surface area contributed by atoms with E-state index in [1.165, 1.54) is 29.1 Å². The van der Waals surface area contributed by atoms with Crippen molar-refractivity contribution in [1.82, 2.24) is 9.97 Å². The lowest BCUT2D eigenvalue weighted by molar-refractivity contribution is 0.318. The maximum absolute atomic E-state index is 8.73. The Labute approximate surface area is 115 Å². The minimum atomic E-state index is -0.0274. The second-order valence-electron chi connectivity index (χ2n) is 3.91. The molecule has 0 saturated carbocycles. The first-order chi connectivity index (χ1) is 9.22. The lowest BCUT2D eigenvalue weighted by Gasteiger charge is -2.07. The Hall–Kier alpha value is -2.08. The van der Waals surface area contributed by atoms with Crippen LogP contribution >= 0.6 is 11.8 Å². The van der Waals surface area contributed by atoms with Gasteiger partial charge in [-0.1, -0.05) is 41.2 Å². The number of benzene rings is 1. The van der Waals surface area contributed by atoms with Crippen LogP contribution in [-0.4, -0.2) is 21.0 Å². The molecule has 0 bridgehead atoms. The van der Waals surface area contributed by atoms with Crippen LogP contribution in [0.25, 0.3) is 0 Å². The Morgan fingerprint density at radius 2 is 2.05 bits per heavy atom. The zero-order chi connectivity index (χ0) is 13.7. The van der Waals surface area contributed by atoms with Crippen LogP contribution in [-0.2, 0) is 5.75 Å². The summed E-state index contributed by atoms with van der Waals surface area (Å²) in [6, 6.07) is 8.15. The molecular formula is C13H14N4OS. The molecule has 0 aliphatic rings. The molecule has 5 nitrogen and oxygen atoms in total. The van der Waals surface area contributed by atoms with E-state index in [4.69, 9.17) is 10.9 Å². The van der Waals surface area contributed by atoms with Gasteiger partial charge >= 0.3 is 0 Å². The van der Waals surface area contributed by atoms with Crippen LogP contribution < -0.4 is 5.73 Å². The fourth-order valence-electron chi connectivity index (χ4n) is 1.57. The van der Waals surface area contributed by atoms with Crippen molar-refractivity contribution in [2.24, 2.45) is 10.9 Å². The molecule has 0 aliphatic heterocycles. The van der Waals surface area contributed by atoms with Crippen molar-refractivity contribution in [2.75, 3.05) is 0 Å². The number of nitrogens with zero attached hydrogens (tertiary/aromatic N) is 3. The summed E-state index contributed by atoms with van der Waals surface area (Å²) in [6.45, 7) is 2.07. The number of amidine groups is 1. The van der Waals surface area contributed by atoms with E-state index in [9.17, 15) is 0 Å². The van der Waals surface area contributed by atoms with E-state index >= 15 is 0 Å². The molecular weight excluding hydrogens is 260 g/mol. The standard InChI is InChI=1S/C13H14N4OS/c1-9-4-2-3-5-10(9)8-19-13-11(12(14)17-18)15-6-7-16-13/h2-7,18H,8H2,1H3,(H2,14,17). The van der Waals surface area contributed by atoms with Crippen molar-refractivity contribution < 1.29 is 5.21 Å². The van der Waals surface area contributed by atoms with Crippen LogP contribution in [0.5, 0.6) is 0 Å². The van der Waals surface area contributed by atoms with Gasteiger partial charge in [0.1, 0.15) is 10.7 Å². The number of thioether (sulfide) groups is 1. The van der Waals surface area contributed by atoms with E-state index in [2.05, 4.69) is 34.2 Å². The molecule has 0 aliphatic carbocycles. The Morgan fingerprint density at radius 1 is 1.32 bits per heavy atom. The number of nitrogens with two attached hydrogens (primary N) is 1. The molecule has 0 spiro atoms. The smallest absolute Gasteiger partial charge is 0.191 e. The van der Waals surface area contributed by atoms with Gasteiger partial charge in [0.15, 0.2) is 5.84 Å². The highest BCUT2D eigenvalue weighted by Crippen LogP contribution is 2.24. The van der Waals surface area contributed by atoms with Crippen molar-refractivity contribution in [3.8, 4) is 0 Å². The molecule has 1 aromatic carbocycles. The fourth-order valence-corrected chi connectivity index (χ4v) is 2.62. The van der Waals surface area contributed by atoms with Crippen LogP contribution in [0.4, 0.5) is 0 Å². The van der Waals surface area contributed by atoms with Crippen LogP contribution in [0.1, 0.15) is 16.8 Å². The summed E-state index contributed by atoms with van der Waals surface area (Å²) < 4.78 is 0. The third-order valence-corrected chi connectivity index (χ3v) is 3.67. The van der Waals surface area contributed by atoms with Gasteiger partial charge in [0.25, 0.3) is 0 Å². The molecule has 6 heteroatoms. The van der Waals surface area contributed by atoms with Crippen molar-refractivity contribution >= 4 is 17.6 Å². The summed E-state index contributed by atoms with van der Waals surface area (Å²) >= 11 is 1.51. The predicted octanol–water partition coefficient (Wildman–Crippen LogP) is 2.17. The monoisotopic (exact) mass is 274 g/mol. The van der Waals surface area contributed by atoms with Gasteiger partial charge in [-0.25, -0.2) is 9.97 Å². The van der Waals surface area contributed by atoms with Crippen LogP contribution in [0, 0.1) is 6.92 Å². The van der Waals surface area contributed by atoms with E-state index < -0.39 is 0 Å². The van der Waals surface area contributed by atoms with Crippen molar-refractivity contribution in [1.29, 1.82) is 0 Å². The van der Waals surface area contributed by atoms with Gasteiger partial charge < -0.3 is 10.9 Å². The maximum Gasteiger partial charge on any atom is 0.191 e. The summed E-state index contributed by atoms with van der Waals surface area (Å²) in [6.07, 6.45) is 3.11. The molecule has 0 fully saturated rings. The van der Waals surface area contributed by atoms with E-state index in [0.717, 1.165) is 5.75 Å². The minimum Gasteiger partial charge on any atom is -0.409 e. The molecule has 1 aromatic heterocycles. The lowest BCUT2D eigenvalue weighted by Crippen LogP contribution is -2.16. The van der Waals surface area contributed by atoms with E-state index in [1.54, 1.807) is 6.20 Å². The normalized spacial score (nSPS) is 11.5. The summed E-state index contributed by atoms with van der Waals surface area (Å²) in [4.78, 5) is 8.31. The molecule has 0 amide bonds. The number of oxime groups is 1. The zero-order valence-electron chi connectivity index (χ0n) is 10.4. The van der Waals surface area contributed by atoms with Gasteiger partial charge in [-0.15, -0.1) is 0 Å². The first kappa shape index (κ1) is 13.4. The van der Waals surface area contributed by atoms with Crippen molar-refractivity contribution in [3.05, 3.63) is 53.5 Å². The number of hydrogen-bond donors (Lipinski definition) is 2. The molecule has 0 saturated heterocycles. The Balaban J connectivity index is 2.19. The summed E-state index contributed by atoms with van der Waals surface area (Å²) in [5.41, 5.74) is 8.44. The average molecular weight is 274 g/mol. The number of aromatic nitrogens is 2. The molecule has 19 heavy (non-hydrogen) atoms. The van der Waals surface area contributed by atoms with Crippen LogP contribution in [0.2, 0.25) is 0 Å². The third-order valence-electron chi connectivity index (χ3n) is 2.64. The van der Waals surface area contributed by atoms with Gasteiger partial charge in [0, 0.05) is 18.1 Å². The summed E-state index contributed by atoms with van der Waals surface area (Å²) in [7, 11) is 0. The van der Waals surface area contributed by atoms with E-state index in [-0.39, 0.29) is 5.84 Å². The van der Waals surface area contributed by atoms with Crippen LogP contribution in [0.3, 0.4) is 0 Å². The fraction of sp³-hybridized carbons (Fsp3) is 0.154. The molecule has 0 atom stereocenters. The second kappa shape index (κ2) is 6.19. The Morgan fingerprint density at radius 3 is 2.79 bits per heavy atom. The number of aryl methyl sites for hydroxylation is 1. The quantitative estimate of drug-likeness (QED) is 0.293. The van der Waals surface area contributed by atoms with Crippen LogP contribution in [0.15, 0.2) is 46.8 Å². The first-order valence-electron chi connectivity index (χ1n) is 5.68. The molecule has 2 aromatic rings. The van der Waals surface area contributed by atoms with E-state index in [0.29, 0.717) is 10.7 Å². The predicted molar refractivity (Wildman–Crippen MR) is 75.3 cm³/mol. The second-order valence-corrected chi connectivity index (χ2v) is 4.87. The Bertz CT molecular complexity index is 601. The van der Waals surface area contributed by atoms with Crippen molar-refractivity contribution in [2.45, 2.75) is 17.7 Å². The topological polar surface area (TPSA) is 84.4 Å². The average Bonchev–Trinajstić information content (AvgIpc) is 2.46. The number of hydrogen-bond acceptors (Lipinski definition) is 5. The molecule has 2 rings (SSSR count). The Kier molecular flexibility index (Phi) is 4.35. The lowest BCUT2D eigenvalue weighted by atomic mass is 10.1. The first-order valence-corrected chi connectivity index (χ1v) is 6.67. The largest absolute Gasteiger partial charge is 0.409 e. The molecule has 98 valence electrons. The molecule has 3 N–H and O–H groups in total. The summed E-state index contributed by atoms with van der Waals surface area (Å²) in [5, 5.41) is 12.4.